The Morgan fingerprint density at radius 2 is 1.92 bits per heavy atom. The van der Waals surface area contributed by atoms with Gasteiger partial charge >= 0.3 is 0 Å². The van der Waals surface area contributed by atoms with Crippen molar-refractivity contribution in [2.75, 3.05) is 20.8 Å². The van der Waals surface area contributed by atoms with E-state index in [1.54, 1.807) is 36.9 Å². The highest BCUT2D eigenvalue weighted by atomic mass is 35.5. The molecular formula is C17H17ClN2O2S2. The molecule has 2 aromatic heterocycles. The van der Waals surface area contributed by atoms with Crippen LogP contribution in [0.4, 0.5) is 5.69 Å². The van der Waals surface area contributed by atoms with Crippen molar-refractivity contribution in [2.45, 2.75) is 6.54 Å². The average Bonchev–Trinajstić information content (AvgIpc) is 3.20. The van der Waals surface area contributed by atoms with E-state index in [1.165, 1.54) is 0 Å². The zero-order valence-corrected chi connectivity index (χ0v) is 15.7. The van der Waals surface area contributed by atoms with Crippen LogP contribution in [0.5, 0.6) is 5.75 Å². The lowest BCUT2D eigenvalue weighted by Crippen LogP contribution is -2.18. The Hall–Kier alpha value is -1.60. The molecule has 2 heterocycles. The monoisotopic (exact) mass is 380 g/mol. The maximum Gasteiger partial charge on any atom is 0.190 e. The smallest absolute Gasteiger partial charge is 0.190 e. The number of thiazole rings is 1. The molecule has 0 unspecified atom stereocenters. The molecule has 24 heavy (non-hydrogen) atoms. The van der Waals surface area contributed by atoms with E-state index in [4.69, 9.17) is 26.1 Å². The van der Waals surface area contributed by atoms with Crippen LogP contribution in [0.1, 0.15) is 0 Å². The Morgan fingerprint density at radius 1 is 1.12 bits per heavy atom. The zero-order chi connectivity index (χ0) is 16.9. The SMILES string of the molecule is COCCn1c(-c2ccc(Cl)s2)csc1=Nc1ccc(OC)cc1. The molecule has 0 bridgehead atoms. The topological polar surface area (TPSA) is 35.8 Å². The molecule has 126 valence electrons. The van der Waals surface area contributed by atoms with Gasteiger partial charge < -0.3 is 14.0 Å². The van der Waals surface area contributed by atoms with E-state index in [0.29, 0.717) is 6.61 Å². The van der Waals surface area contributed by atoms with E-state index < -0.39 is 0 Å². The van der Waals surface area contributed by atoms with E-state index in [-0.39, 0.29) is 0 Å². The van der Waals surface area contributed by atoms with Crippen molar-refractivity contribution in [3.05, 3.63) is 50.9 Å². The van der Waals surface area contributed by atoms with Crippen LogP contribution in [0.3, 0.4) is 0 Å². The fraction of sp³-hybridized carbons (Fsp3) is 0.235. The maximum absolute atomic E-state index is 6.08. The summed E-state index contributed by atoms with van der Waals surface area (Å²) >= 11 is 9.26. The summed E-state index contributed by atoms with van der Waals surface area (Å²) in [6.07, 6.45) is 0. The van der Waals surface area contributed by atoms with Gasteiger partial charge in [0.05, 0.1) is 34.3 Å². The van der Waals surface area contributed by atoms with Gasteiger partial charge in [-0.2, -0.15) is 0 Å². The summed E-state index contributed by atoms with van der Waals surface area (Å²) < 4.78 is 13.4. The number of hydrogen-bond donors (Lipinski definition) is 0. The number of ether oxygens (including phenoxy) is 2. The molecule has 0 amide bonds. The van der Waals surface area contributed by atoms with E-state index >= 15 is 0 Å². The molecule has 3 rings (SSSR count). The van der Waals surface area contributed by atoms with E-state index in [9.17, 15) is 0 Å². The Morgan fingerprint density at radius 3 is 2.54 bits per heavy atom. The molecule has 0 aliphatic rings. The van der Waals surface area contributed by atoms with Gasteiger partial charge in [0.2, 0.25) is 0 Å². The van der Waals surface area contributed by atoms with Crippen molar-refractivity contribution in [3.63, 3.8) is 0 Å². The normalized spacial score (nSPS) is 11.9. The van der Waals surface area contributed by atoms with Gasteiger partial charge in [-0.05, 0) is 36.4 Å². The first-order valence-corrected chi connectivity index (χ1v) is 9.40. The van der Waals surface area contributed by atoms with Crippen molar-refractivity contribution in [1.82, 2.24) is 4.57 Å². The van der Waals surface area contributed by atoms with Gasteiger partial charge in [-0.25, -0.2) is 4.99 Å². The standard InChI is InChI=1S/C17H17ClN2O2S2/c1-21-10-9-20-14(15-7-8-16(18)24-15)11-23-17(20)19-12-3-5-13(22-2)6-4-12/h3-8,11H,9-10H2,1-2H3. The number of rotatable bonds is 6. The number of hydrogen-bond acceptors (Lipinski definition) is 5. The lowest BCUT2D eigenvalue weighted by Gasteiger charge is -2.07. The Labute approximate surface area is 153 Å². The molecule has 0 fully saturated rings. The molecule has 4 nitrogen and oxygen atoms in total. The van der Waals surface area contributed by atoms with Crippen LogP contribution in [0.2, 0.25) is 4.34 Å². The van der Waals surface area contributed by atoms with Crippen LogP contribution < -0.4 is 9.54 Å². The van der Waals surface area contributed by atoms with Crippen molar-refractivity contribution in [1.29, 1.82) is 0 Å². The van der Waals surface area contributed by atoms with E-state index in [0.717, 1.165) is 37.7 Å². The first-order valence-electron chi connectivity index (χ1n) is 7.33. The van der Waals surface area contributed by atoms with Gasteiger partial charge in [0.1, 0.15) is 5.75 Å². The summed E-state index contributed by atoms with van der Waals surface area (Å²) in [7, 11) is 3.36. The molecule has 0 saturated carbocycles. The fourth-order valence-corrected chi connectivity index (χ4v) is 4.32. The third kappa shape index (κ3) is 3.89. The minimum absolute atomic E-state index is 0.624. The zero-order valence-electron chi connectivity index (χ0n) is 13.4. The van der Waals surface area contributed by atoms with Crippen LogP contribution in [0.25, 0.3) is 10.6 Å². The molecule has 0 spiro atoms. The summed E-state index contributed by atoms with van der Waals surface area (Å²) in [6, 6.07) is 11.7. The van der Waals surface area contributed by atoms with Crippen LogP contribution in [0, 0.1) is 0 Å². The number of thiophene rings is 1. The van der Waals surface area contributed by atoms with Crippen LogP contribution in [-0.2, 0) is 11.3 Å². The summed E-state index contributed by atoms with van der Waals surface area (Å²) in [4.78, 5) is 6.82. The lowest BCUT2D eigenvalue weighted by atomic mass is 10.3. The van der Waals surface area contributed by atoms with Crippen LogP contribution >= 0.6 is 34.3 Å². The summed E-state index contributed by atoms with van der Waals surface area (Å²) in [5, 5.41) is 2.11. The second kappa shape index (κ2) is 7.98. The van der Waals surface area contributed by atoms with Gasteiger partial charge in [0.25, 0.3) is 0 Å². The highest BCUT2D eigenvalue weighted by molar-refractivity contribution is 7.19. The molecule has 3 aromatic rings. The minimum Gasteiger partial charge on any atom is -0.497 e. The number of nitrogens with zero attached hydrogens (tertiary/aromatic N) is 2. The predicted octanol–water partition coefficient (Wildman–Crippen LogP) is 4.82. The molecule has 0 saturated heterocycles. The van der Waals surface area contributed by atoms with Gasteiger partial charge in [0.15, 0.2) is 4.80 Å². The number of methoxy groups -OCH3 is 2. The van der Waals surface area contributed by atoms with Crippen molar-refractivity contribution in [3.8, 4) is 16.3 Å². The van der Waals surface area contributed by atoms with Gasteiger partial charge in [-0.1, -0.05) is 11.6 Å². The maximum atomic E-state index is 6.08. The largest absolute Gasteiger partial charge is 0.497 e. The molecule has 1 aromatic carbocycles. The Bertz CT molecular complexity index is 865. The second-order valence-electron chi connectivity index (χ2n) is 4.96. The lowest BCUT2D eigenvalue weighted by molar-refractivity contribution is 0.187. The molecule has 0 atom stereocenters. The van der Waals surface area contributed by atoms with Crippen molar-refractivity contribution < 1.29 is 9.47 Å². The molecule has 7 heteroatoms. The Balaban J connectivity index is 2.02. The molecule has 0 radical (unpaired) electrons. The number of aromatic nitrogens is 1. The summed E-state index contributed by atoms with van der Waals surface area (Å²) in [5.41, 5.74) is 2.00. The Kier molecular flexibility index (Phi) is 5.73. The van der Waals surface area contributed by atoms with Gasteiger partial charge in [0, 0.05) is 19.0 Å². The first kappa shape index (κ1) is 17.2. The fourth-order valence-electron chi connectivity index (χ4n) is 2.23. The second-order valence-corrected chi connectivity index (χ2v) is 7.51. The van der Waals surface area contributed by atoms with Gasteiger partial charge in [-0.3, -0.25) is 0 Å². The predicted molar refractivity (Wildman–Crippen MR) is 101 cm³/mol. The van der Waals surface area contributed by atoms with Crippen molar-refractivity contribution in [2.24, 2.45) is 4.99 Å². The van der Waals surface area contributed by atoms with Crippen LogP contribution in [-0.4, -0.2) is 25.4 Å². The molecule has 0 aliphatic heterocycles. The quantitative estimate of drug-likeness (QED) is 0.614. The molecule has 0 N–H and O–H groups in total. The van der Waals surface area contributed by atoms with Crippen LogP contribution in [0.15, 0.2) is 46.8 Å². The van der Waals surface area contributed by atoms with E-state index in [2.05, 4.69) is 9.95 Å². The minimum atomic E-state index is 0.624. The molecular weight excluding hydrogens is 364 g/mol. The summed E-state index contributed by atoms with van der Waals surface area (Å²) in [5.74, 6) is 0.821. The third-order valence-corrected chi connectivity index (χ3v) is 5.56. The number of benzene rings is 1. The first-order chi connectivity index (χ1) is 11.7. The summed E-state index contributed by atoms with van der Waals surface area (Å²) in [6.45, 7) is 1.36. The van der Waals surface area contributed by atoms with E-state index in [1.807, 2.05) is 36.4 Å². The third-order valence-electron chi connectivity index (χ3n) is 3.44. The van der Waals surface area contributed by atoms with Crippen molar-refractivity contribution >= 4 is 40.0 Å². The molecule has 0 aliphatic carbocycles. The number of halogens is 1. The highest BCUT2D eigenvalue weighted by Gasteiger charge is 2.10. The highest BCUT2D eigenvalue weighted by Crippen LogP contribution is 2.31. The van der Waals surface area contributed by atoms with Gasteiger partial charge in [-0.15, -0.1) is 22.7 Å². The average molecular weight is 381 g/mol.